The van der Waals surface area contributed by atoms with Crippen LogP contribution < -0.4 is 10.0 Å². The molecule has 2 aromatic rings. The molecule has 0 spiro atoms. The van der Waals surface area contributed by atoms with Gasteiger partial charge in [0.05, 0.1) is 4.90 Å². The van der Waals surface area contributed by atoms with Crippen molar-refractivity contribution < 1.29 is 13.2 Å². The van der Waals surface area contributed by atoms with Crippen LogP contribution >= 0.6 is 11.6 Å². The predicted octanol–water partition coefficient (Wildman–Crippen LogP) is 3.13. The summed E-state index contributed by atoms with van der Waals surface area (Å²) in [6.07, 6.45) is 1.98. The second kappa shape index (κ2) is 7.15. The summed E-state index contributed by atoms with van der Waals surface area (Å²) in [7, 11) is -2.16. The van der Waals surface area contributed by atoms with Crippen LogP contribution in [-0.4, -0.2) is 21.4 Å². The molecule has 5 nitrogen and oxygen atoms in total. The lowest BCUT2D eigenvalue weighted by Gasteiger charge is -2.19. The van der Waals surface area contributed by atoms with Gasteiger partial charge in [0.1, 0.15) is 0 Å². The van der Waals surface area contributed by atoms with E-state index in [2.05, 4.69) is 10.0 Å². The lowest BCUT2D eigenvalue weighted by molar-refractivity contribution is 0.0963. The van der Waals surface area contributed by atoms with E-state index in [9.17, 15) is 13.2 Å². The first-order valence-corrected chi connectivity index (χ1v) is 9.87. The van der Waals surface area contributed by atoms with Gasteiger partial charge in [0, 0.05) is 23.7 Å². The van der Waals surface area contributed by atoms with E-state index in [0.717, 1.165) is 18.4 Å². The van der Waals surface area contributed by atoms with Gasteiger partial charge in [-0.2, -0.15) is 0 Å². The van der Waals surface area contributed by atoms with Gasteiger partial charge in [0.25, 0.3) is 5.91 Å². The molecule has 25 heavy (non-hydrogen) atoms. The molecule has 132 valence electrons. The Morgan fingerprint density at radius 2 is 1.68 bits per heavy atom. The SMILES string of the molecule is CNC(=O)c1ccc(S(=O)(=O)N[C@@H](c2ccc(Cl)cc2)C2CC2)cc1. The molecule has 0 aromatic heterocycles. The fourth-order valence-corrected chi connectivity index (χ4v) is 4.12. The van der Waals surface area contributed by atoms with Crippen molar-refractivity contribution in [1.29, 1.82) is 0 Å². The highest BCUT2D eigenvalue weighted by Gasteiger charge is 2.35. The molecule has 1 aliphatic rings. The van der Waals surface area contributed by atoms with E-state index < -0.39 is 10.0 Å². The summed E-state index contributed by atoms with van der Waals surface area (Å²) in [4.78, 5) is 11.7. The number of carbonyl (C=O) groups excluding carboxylic acids is 1. The van der Waals surface area contributed by atoms with Gasteiger partial charge < -0.3 is 5.32 Å². The fraction of sp³-hybridized carbons (Fsp3) is 0.278. The number of sulfonamides is 1. The lowest BCUT2D eigenvalue weighted by atomic mass is 10.0. The number of rotatable bonds is 6. The van der Waals surface area contributed by atoms with Gasteiger partial charge in [0.2, 0.25) is 10.0 Å². The standard InChI is InChI=1S/C18H19ClN2O3S/c1-20-18(22)14-6-10-16(11-7-14)25(23,24)21-17(12-2-3-12)13-4-8-15(19)9-5-13/h4-12,17,21H,2-3H2,1H3,(H,20,22)/t17-/m1/s1. The van der Waals surface area contributed by atoms with E-state index in [1.54, 1.807) is 12.1 Å². The van der Waals surface area contributed by atoms with Crippen LogP contribution in [0.4, 0.5) is 0 Å². The Hall–Kier alpha value is -1.89. The van der Waals surface area contributed by atoms with Gasteiger partial charge >= 0.3 is 0 Å². The molecular formula is C18H19ClN2O3S. The van der Waals surface area contributed by atoms with Crippen molar-refractivity contribution in [3.63, 3.8) is 0 Å². The molecule has 0 heterocycles. The van der Waals surface area contributed by atoms with Crippen LogP contribution in [0.3, 0.4) is 0 Å². The highest BCUT2D eigenvalue weighted by atomic mass is 35.5. The minimum atomic E-state index is -3.69. The van der Waals surface area contributed by atoms with Crippen molar-refractivity contribution in [3.8, 4) is 0 Å². The number of hydrogen-bond acceptors (Lipinski definition) is 3. The van der Waals surface area contributed by atoms with Gasteiger partial charge in [-0.05, 0) is 60.7 Å². The lowest BCUT2D eigenvalue weighted by Crippen LogP contribution is -2.30. The zero-order chi connectivity index (χ0) is 18.0. The normalized spacial score (nSPS) is 15.6. The molecule has 1 fully saturated rings. The van der Waals surface area contributed by atoms with Crippen LogP contribution in [-0.2, 0) is 10.0 Å². The van der Waals surface area contributed by atoms with Crippen LogP contribution in [0.15, 0.2) is 53.4 Å². The van der Waals surface area contributed by atoms with Crippen molar-refractivity contribution in [2.75, 3.05) is 7.05 Å². The van der Waals surface area contributed by atoms with Gasteiger partial charge in [-0.1, -0.05) is 23.7 Å². The van der Waals surface area contributed by atoms with E-state index in [1.165, 1.54) is 31.3 Å². The first kappa shape index (κ1) is 17.9. The Balaban J connectivity index is 1.83. The Bertz CT molecular complexity index is 860. The van der Waals surface area contributed by atoms with Crippen molar-refractivity contribution in [3.05, 3.63) is 64.7 Å². The van der Waals surface area contributed by atoms with Crippen LogP contribution in [0.25, 0.3) is 0 Å². The van der Waals surface area contributed by atoms with E-state index in [1.807, 2.05) is 12.1 Å². The minimum absolute atomic E-state index is 0.139. The predicted molar refractivity (Wildman–Crippen MR) is 97.1 cm³/mol. The molecule has 1 amide bonds. The number of amides is 1. The van der Waals surface area contributed by atoms with Gasteiger partial charge in [-0.25, -0.2) is 13.1 Å². The molecule has 3 rings (SSSR count). The highest BCUT2D eigenvalue weighted by molar-refractivity contribution is 7.89. The molecule has 0 bridgehead atoms. The summed E-state index contributed by atoms with van der Waals surface area (Å²) in [5.74, 6) is 0.0371. The first-order chi connectivity index (χ1) is 11.9. The summed E-state index contributed by atoms with van der Waals surface area (Å²) in [5.41, 5.74) is 1.32. The molecule has 0 unspecified atom stereocenters. The number of benzene rings is 2. The molecule has 1 atom stereocenters. The molecule has 0 saturated heterocycles. The van der Waals surface area contributed by atoms with E-state index in [0.29, 0.717) is 16.5 Å². The highest BCUT2D eigenvalue weighted by Crippen LogP contribution is 2.42. The molecule has 7 heteroatoms. The summed E-state index contributed by atoms with van der Waals surface area (Å²) in [5, 5.41) is 3.12. The maximum Gasteiger partial charge on any atom is 0.251 e. The second-order valence-corrected chi connectivity index (χ2v) is 8.24. The third-order valence-electron chi connectivity index (χ3n) is 4.26. The number of carbonyl (C=O) groups is 1. The molecule has 1 aliphatic carbocycles. The number of nitrogens with one attached hydrogen (secondary N) is 2. The van der Waals surface area contributed by atoms with Gasteiger partial charge in [0.15, 0.2) is 0 Å². The third-order valence-corrected chi connectivity index (χ3v) is 5.97. The maximum atomic E-state index is 12.7. The smallest absolute Gasteiger partial charge is 0.251 e. The fourth-order valence-electron chi connectivity index (χ4n) is 2.70. The molecule has 1 saturated carbocycles. The summed E-state index contributed by atoms with van der Waals surface area (Å²) in [6, 6.07) is 12.8. The summed E-state index contributed by atoms with van der Waals surface area (Å²) >= 11 is 5.92. The van der Waals surface area contributed by atoms with Crippen molar-refractivity contribution >= 4 is 27.5 Å². The van der Waals surface area contributed by atoms with E-state index in [-0.39, 0.29) is 16.8 Å². The monoisotopic (exact) mass is 378 g/mol. The number of halogens is 1. The maximum absolute atomic E-state index is 12.7. The average Bonchev–Trinajstić information content (AvgIpc) is 3.45. The van der Waals surface area contributed by atoms with Crippen LogP contribution in [0.2, 0.25) is 5.02 Å². The molecule has 0 radical (unpaired) electrons. The summed E-state index contributed by atoms with van der Waals surface area (Å²) in [6.45, 7) is 0. The Morgan fingerprint density at radius 3 is 2.20 bits per heavy atom. The van der Waals surface area contributed by atoms with Crippen LogP contribution in [0, 0.1) is 5.92 Å². The third kappa shape index (κ3) is 4.21. The minimum Gasteiger partial charge on any atom is -0.355 e. The zero-order valence-electron chi connectivity index (χ0n) is 13.7. The zero-order valence-corrected chi connectivity index (χ0v) is 15.3. The topological polar surface area (TPSA) is 75.3 Å². The molecule has 0 aliphatic heterocycles. The van der Waals surface area contributed by atoms with Crippen LogP contribution in [0.1, 0.15) is 34.8 Å². The molecule has 2 aromatic carbocycles. The average molecular weight is 379 g/mol. The Labute approximate surface area is 152 Å². The summed E-state index contributed by atoms with van der Waals surface area (Å²) < 4.78 is 28.3. The van der Waals surface area contributed by atoms with Gasteiger partial charge in [-0.3, -0.25) is 4.79 Å². The number of hydrogen-bond donors (Lipinski definition) is 2. The Kier molecular flexibility index (Phi) is 5.13. The largest absolute Gasteiger partial charge is 0.355 e. The molecular weight excluding hydrogens is 360 g/mol. The first-order valence-electron chi connectivity index (χ1n) is 8.00. The Morgan fingerprint density at radius 1 is 1.08 bits per heavy atom. The van der Waals surface area contributed by atoms with E-state index >= 15 is 0 Å². The quantitative estimate of drug-likeness (QED) is 0.810. The van der Waals surface area contributed by atoms with Crippen molar-refractivity contribution in [2.45, 2.75) is 23.8 Å². The van der Waals surface area contributed by atoms with Crippen LogP contribution in [0.5, 0.6) is 0 Å². The van der Waals surface area contributed by atoms with Crippen molar-refractivity contribution in [2.24, 2.45) is 5.92 Å². The molecule has 2 N–H and O–H groups in total. The van der Waals surface area contributed by atoms with Gasteiger partial charge in [-0.15, -0.1) is 0 Å². The van der Waals surface area contributed by atoms with E-state index in [4.69, 9.17) is 11.6 Å². The second-order valence-electron chi connectivity index (χ2n) is 6.09. The van der Waals surface area contributed by atoms with Crippen molar-refractivity contribution in [1.82, 2.24) is 10.0 Å².